The van der Waals surface area contributed by atoms with Crippen LogP contribution >= 0.6 is 11.6 Å². The molecular formula is C16H19ClN4O2. The zero-order valence-electron chi connectivity index (χ0n) is 13.1. The molecule has 1 N–H and O–H groups in total. The second-order valence-electron chi connectivity index (χ2n) is 5.32. The van der Waals surface area contributed by atoms with Crippen LogP contribution in [0, 0.1) is 0 Å². The molecule has 2 rings (SSSR count). The maximum atomic E-state index is 12.7. The Morgan fingerprint density at radius 3 is 2.78 bits per heavy atom. The van der Waals surface area contributed by atoms with E-state index in [9.17, 15) is 9.59 Å². The molecule has 1 aliphatic heterocycles. The van der Waals surface area contributed by atoms with Crippen molar-refractivity contribution in [3.8, 4) is 0 Å². The maximum Gasteiger partial charge on any atom is 0.287 e. The number of likely N-dealkylation sites (tertiary alicyclic amines) is 1. The molecule has 0 aromatic carbocycles. The quantitative estimate of drug-likeness (QED) is 0.837. The minimum atomic E-state index is -0.482. The lowest BCUT2D eigenvalue weighted by Crippen LogP contribution is -2.35. The van der Waals surface area contributed by atoms with Crippen molar-refractivity contribution < 1.29 is 4.79 Å². The average Bonchev–Trinajstić information content (AvgIpc) is 2.80. The van der Waals surface area contributed by atoms with Gasteiger partial charge >= 0.3 is 0 Å². The predicted molar refractivity (Wildman–Crippen MR) is 91.3 cm³/mol. The van der Waals surface area contributed by atoms with Crippen LogP contribution in [0.1, 0.15) is 13.3 Å². The van der Waals surface area contributed by atoms with Gasteiger partial charge in [0.25, 0.3) is 5.56 Å². The highest BCUT2D eigenvalue weighted by molar-refractivity contribution is 6.33. The largest absolute Gasteiger partial charge is 0.371 e. The van der Waals surface area contributed by atoms with E-state index in [0.29, 0.717) is 17.8 Å². The molecule has 1 aromatic heterocycles. The number of amides is 1. The van der Waals surface area contributed by atoms with Crippen LogP contribution in [-0.4, -0.2) is 32.7 Å². The summed E-state index contributed by atoms with van der Waals surface area (Å²) in [5, 5.41) is 6.96. The molecule has 1 saturated heterocycles. The van der Waals surface area contributed by atoms with Gasteiger partial charge in [-0.1, -0.05) is 30.8 Å². The second-order valence-corrected chi connectivity index (χ2v) is 5.70. The smallest absolute Gasteiger partial charge is 0.287 e. The zero-order chi connectivity index (χ0) is 17.1. The highest BCUT2D eigenvalue weighted by atomic mass is 35.5. The molecule has 0 aliphatic carbocycles. The van der Waals surface area contributed by atoms with E-state index >= 15 is 0 Å². The van der Waals surface area contributed by atoms with Crippen molar-refractivity contribution in [3.63, 3.8) is 0 Å². The van der Waals surface area contributed by atoms with Crippen molar-refractivity contribution in [2.45, 2.75) is 25.4 Å². The van der Waals surface area contributed by atoms with Crippen LogP contribution in [0.25, 0.3) is 0 Å². The molecule has 1 aliphatic rings. The van der Waals surface area contributed by atoms with Crippen molar-refractivity contribution in [2.24, 2.45) is 7.05 Å². The molecule has 0 saturated carbocycles. The Morgan fingerprint density at radius 2 is 2.17 bits per heavy atom. The topological polar surface area (TPSA) is 67.2 Å². The minimum absolute atomic E-state index is 0.0116. The molecule has 2 heterocycles. The van der Waals surface area contributed by atoms with Crippen LogP contribution in [-0.2, 0) is 11.8 Å². The number of aromatic nitrogens is 2. The van der Waals surface area contributed by atoms with Crippen molar-refractivity contribution in [1.82, 2.24) is 14.7 Å². The van der Waals surface area contributed by atoms with Gasteiger partial charge in [-0.25, -0.2) is 4.68 Å². The molecule has 122 valence electrons. The molecule has 7 heteroatoms. The number of allylic oxidation sites excluding steroid dienone is 3. The van der Waals surface area contributed by atoms with Crippen LogP contribution in [0.4, 0.5) is 5.69 Å². The Balaban J connectivity index is 2.27. The van der Waals surface area contributed by atoms with Crippen molar-refractivity contribution in [3.05, 3.63) is 58.7 Å². The van der Waals surface area contributed by atoms with Crippen LogP contribution in [0.2, 0.25) is 5.02 Å². The van der Waals surface area contributed by atoms with Gasteiger partial charge < -0.3 is 10.2 Å². The van der Waals surface area contributed by atoms with E-state index in [0.717, 1.165) is 4.68 Å². The molecule has 1 aromatic rings. The standard InChI is InChI=1S/C16H19ClN4O2/c1-5-7-11(6-2)21-10(3)8-12(15(21)22)19-13-9-18-20(4)16(23)14(13)17/h5-7,9-10,12,19H,1-2,8H2,3-4H3/b11-7+. The summed E-state index contributed by atoms with van der Waals surface area (Å²) >= 11 is 6.04. The van der Waals surface area contributed by atoms with E-state index in [2.05, 4.69) is 23.6 Å². The number of carbonyl (C=O) groups is 1. The van der Waals surface area contributed by atoms with Crippen LogP contribution < -0.4 is 10.9 Å². The SMILES string of the molecule is C=C/C=C(\C=C)N1C(=O)C(Nc2cnn(C)c(=O)c2Cl)CC1C. The summed E-state index contributed by atoms with van der Waals surface area (Å²) in [6.07, 6.45) is 6.98. The molecule has 2 atom stereocenters. The van der Waals surface area contributed by atoms with Gasteiger partial charge in [0.2, 0.25) is 5.91 Å². The molecule has 2 unspecified atom stereocenters. The van der Waals surface area contributed by atoms with Gasteiger partial charge in [0.15, 0.2) is 0 Å². The summed E-state index contributed by atoms with van der Waals surface area (Å²) in [6.45, 7) is 9.33. The van der Waals surface area contributed by atoms with Gasteiger partial charge in [-0.2, -0.15) is 5.10 Å². The van der Waals surface area contributed by atoms with Gasteiger partial charge in [-0.15, -0.1) is 0 Å². The Labute approximate surface area is 139 Å². The Bertz CT molecular complexity index is 738. The van der Waals surface area contributed by atoms with E-state index in [1.165, 1.54) is 13.2 Å². The Morgan fingerprint density at radius 1 is 1.48 bits per heavy atom. The van der Waals surface area contributed by atoms with Crippen LogP contribution in [0.3, 0.4) is 0 Å². The number of rotatable bonds is 5. The molecule has 0 radical (unpaired) electrons. The van der Waals surface area contributed by atoms with E-state index < -0.39 is 11.6 Å². The normalized spacial score (nSPS) is 21.4. The van der Waals surface area contributed by atoms with E-state index in [1.807, 2.05) is 6.92 Å². The molecule has 23 heavy (non-hydrogen) atoms. The van der Waals surface area contributed by atoms with Gasteiger partial charge in [0.1, 0.15) is 11.1 Å². The molecule has 1 amide bonds. The lowest BCUT2D eigenvalue weighted by atomic mass is 10.2. The van der Waals surface area contributed by atoms with Crippen molar-refractivity contribution in [1.29, 1.82) is 0 Å². The van der Waals surface area contributed by atoms with E-state index in [1.54, 1.807) is 23.1 Å². The number of aryl methyl sites for hydroxylation is 1. The number of hydrogen-bond acceptors (Lipinski definition) is 4. The second kappa shape index (κ2) is 6.83. The summed E-state index contributed by atoms with van der Waals surface area (Å²) in [5.41, 5.74) is 0.635. The van der Waals surface area contributed by atoms with E-state index in [4.69, 9.17) is 11.6 Å². The third-order valence-corrected chi connectivity index (χ3v) is 4.10. The van der Waals surface area contributed by atoms with Gasteiger partial charge in [-0.3, -0.25) is 9.59 Å². The van der Waals surface area contributed by atoms with Gasteiger partial charge in [0, 0.05) is 18.8 Å². The summed E-state index contributed by atoms with van der Waals surface area (Å²) in [5.74, 6) is -0.109. The Kier molecular flexibility index (Phi) is 5.05. The molecule has 0 bridgehead atoms. The fraction of sp³-hybridized carbons (Fsp3) is 0.312. The molecule has 1 fully saturated rings. The number of hydrogen-bond donors (Lipinski definition) is 1. The molecule has 0 spiro atoms. The number of nitrogens with zero attached hydrogens (tertiary/aromatic N) is 3. The van der Waals surface area contributed by atoms with Crippen molar-refractivity contribution >= 4 is 23.2 Å². The maximum absolute atomic E-state index is 12.7. The summed E-state index contributed by atoms with van der Waals surface area (Å²) in [4.78, 5) is 26.1. The fourth-order valence-corrected chi connectivity index (χ4v) is 2.83. The number of nitrogens with one attached hydrogen (secondary N) is 1. The third kappa shape index (κ3) is 3.22. The van der Waals surface area contributed by atoms with Crippen molar-refractivity contribution in [2.75, 3.05) is 5.32 Å². The van der Waals surface area contributed by atoms with E-state index in [-0.39, 0.29) is 17.0 Å². The lowest BCUT2D eigenvalue weighted by Gasteiger charge is -2.22. The zero-order valence-corrected chi connectivity index (χ0v) is 13.9. The highest BCUT2D eigenvalue weighted by Crippen LogP contribution is 2.28. The number of carbonyl (C=O) groups excluding carboxylic acids is 1. The minimum Gasteiger partial charge on any atom is -0.371 e. The van der Waals surface area contributed by atoms with Crippen LogP contribution in [0.15, 0.2) is 48.1 Å². The third-order valence-electron chi connectivity index (χ3n) is 3.74. The first kappa shape index (κ1) is 17.0. The predicted octanol–water partition coefficient (Wildman–Crippen LogP) is 2.09. The average molecular weight is 335 g/mol. The van der Waals surface area contributed by atoms with Gasteiger partial charge in [-0.05, 0) is 25.5 Å². The lowest BCUT2D eigenvalue weighted by molar-refractivity contribution is -0.127. The Hall–Kier alpha value is -2.34. The monoisotopic (exact) mass is 334 g/mol. The first-order chi connectivity index (χ1) is 10.9. The first-order valence-electron chi connectivity index (χ1n) is 7.17. The van der Waals surface area contributed by atoms with Gasteiger partial charge in [0.05, 0.1) is 11.9 Å². The fourth-order valence-electron chi connectivity index (χ4n) is 2.60. The molecular weight excluding hydrogens is 316 g/mol. The van der Waals surface area contributed by atoms with Crippen LogP contribution in [0.5, 0.6) is 0 Å². The first-order valence-corrected chi connectivity index (χ1v) is 7.55. The summed E-state index contributed by atoms with van der Waals surface area (Å²) in [6, 6.07) is -0.493. The summed E-state index contributed by atoms with van der Waals surface area (Å²) < 4.78 is 1.14. The number of anilines is 1. The highest BCUT2D eigenvalue weighted by Gasteiger charge is 2.38. The number of halogens is 1. The molecule has 6 nitrogen and oxygen atoms in total. The summed E-state index contributed by atoms with van der Waals surface area (Å²) in [7, 11) is 1.51.